The quantitative estimate of drug-likeness (QED) is 0.779. The third kappa shape index (κ3) is 4.82. The van der Waals surface area contributed by atoms with Gasteiger partial charge in [0.1, 0.15) is 5.75 Å². The Labute approximate surface area is 145 Å². The average molecular weight is 330 g/mol. The number of hydrogen-bond acceptors (Lipinski definition) is 4. The first-order valence-electron chi connectivity index (χ1n) is 9.18. The maximum Gasteiger partial charge on any atom is 0.118 e. The van der Waals surface area contributed by atoms with Crippen LogP contribution in [-0.2, 0) is 4.74 Å². The van der Waals surface area contributed by atoms with E-state index >= 15 is 0 Å². The van der Waals surface area contributed by atoms with Gasteiger partial charge in [-0.3, -0.25) is 4.90 Å². The number of methoxy groups -OCH3 is 1. The molecule has 0 unspecified atom stereocenters. The van der Waals surface area contributed by atoms with Gasteiger partial charge in [0, 0.05) is 25.7 Å². The number of nitrogens with zero attached hydrogens (tertiary/aromatic N) is 1. The van der Waals surface area contributed by atoms with E-state index < -0.39 is 0 Å². The van der Waals surface area contributed by atoms with Crippen LogP contribution < -0.4 is 10.1 Å². The molecule has 0 aromatic heterocycles. The van der Waals surface area contributed by atoms with Crippen molar-refractivity contribution in [3.8, 4) is 5.75 Å². The van der Waals surface area contributed by atoms with Crippen LogP contribution in [-0.4, -0.2) is 51.4 Å². The van der Waals surface area contributed by atoms with Crippen LogP contribution in [0.5, 0.6) is 5.75 Å². The molecule has 4 nitrogen and oxygen atoms in total. The van der Waals surface area contributed by atoms with Gasteiger partial charge in [-0.15, -0.1) is 0 Å². The van der Waals surface area contributed by atoms with Gasteiger partial charge in [-0.25, -0.2) is 0 Å². The van der Waals surface area contributed by atoms with Crippen LogP contribution in [0.25, 0.3) is 0 Å². The van der Waals surface area contributed by atoms with Gasteiger partial charge in [0.2, 0.25) is 0 Å². The first-order valence-corrected chi connectivity index (χ1v) is 9.18. The summed E-state index contributed by atoms with van der Waals surface area (Å²) < 4.78 is 10.8. The Morgan fingerprint density at radius 3 is 2.67 bits per heavy atom. The van der Waals surface area contributed by atoms with Gasteiger partial charge in [0.15, 0.2) is 0 Å². The molecule has 4 heteroatoms. The summed E-state index contributed by atoms with van der Waals surface area (Å²) in [4.78, 5) is 2.54. The van der Waals surface area contributed by atoms with Gasteiger partial charge < -0.3 is 14.8 Å². The van der Waals surface area contributed by atoms with E-state index in [0.29, 0.717) is 6.04 Å². The van der Waals surface area contributed by atoms with Gasteiger partial charge in [-0.05, 0) is 49.4 Å². The fourth-order valence-electron chi connectivity index (χ4n) is 3.64. The third-order valence-corrected chi connectivity index (χ3v) is 5.14. The number of allylic oxidation sites excluding steroid dienone is 2. The van der Waals surface area contributed by atoms with Crippen LogP contribution in [0.4, 0.5) is 0 Å². The number of morpholine rings is 1. The van der Waals surface area contributed by atoms with Crippen molar-refractivity contribution in [3.63, 3.8) is 0 Å². The number of nitrogens with one attached hydrogen (secondary N) is 1. The lowest BCUT2D eigenvalue weighted by Crippen LogP contribution is -2.43. The first-order chi connectivity index (χ1) is 11.9. The highest BCUT2D eigenvalue weighted by atomic mass is 16.5. The van der Waals surface area contributed by atoms with E-state index in [-0.39, 0.29) is 0 Å². The normalized spacial score (nSPS) is 23.1. The summed E-state index contributed by atoms with van der Waals surface area (Å²) in [6.45, 7) is 5.78. The Hall–Kier alpha value is -1.36. The Balaban J connectivity index is 1.61. The van der Waals surface area contributed by atoms with Gasteiger partial charge in [-0.1, -0.05) is 24.3 Å². The Bertz CT molecular complexity index is 509. The van der Waals surface area contributed by atoms with E-state index in [1.165, 1.54) is 24.8 Å². The average Bonchev–Trinajstić information content (AvgIpc) is 2.67. The molecule has 24 heavy (non-hydrogen) atoms. The predicted molar refractivity (Wildman–Crippen MR) is 97.5 cm³/mol. The molecule has 2 aliphatic rings. The fourth-order valence-corrected chi connectivity index (χ4v) is 3.64. The molecule has 0 radical (unpaired) electrons. The van der Waals surface area contributed by atoms with Crippen molar-refractivity contribution >= 4 is 0 Å². The van der Waals surface area contributed by atoms with E-state index in [2.05, 4.69) is 46.6 Å². The summed E-state index contributed by atoms with van der Waals surface area (Å²) in [7, 11) is 1.72. The molecule has 1 N–H and O–H groups in total. The molecule has 2 atom stereocenters. The summed E-state index contributed by atoms with van der Waals surface area (Å²) in [5.74, 6) is 1.71. The number of benzene rings is 1. The van der Waals surface area contributed by atoms with E-state index in [9.17, 15) is 0 Å². The Morgan fingerprint density at radius 1 is 1.21 bits per heavy atom. The van der Waals surface area contributed by atoms with Crippen molar-refractivity contribution < 1.29 is 9.47 Å². The molecule has 0 amide bonds. The molecule has 1 saturated heterocycles. The van der Waals surface area contributed by atoms with E-state index in [4.69, 9.17) is 9.47 Å². The molecule has 0 bridgehead atoms. The molecule has 0 spiro atoms. The van der Waals surface area contributed by atoms with Crippen molar-refractivity contribution in [3.05, 3.63) is 42.0 Å². The molecule has 132 valence electrons. The third-order valence-electron chi connectivity index (χ3n) is 5.14. The summed E-state index contributed by atoms with van der Waals surface area (Å²) in [6, 6.07) is 8.93. The first kappa shape index (κ1) is 17.5. The van der Waals surface area contributed by atoms with E-state index in [1.54, 1.807) is 7.11 Å². The molecular formula is C20H30N2O2. The second-order valence-electron chi connectivity index (χ2n) is 6.75. The zero-order valence-electron chi connectivity index (χ0n) is 14.7. The lowest BCUT2D eigenvalue weighted by Gasteiger charge is -2.35. The molecule has 1 aromatic rings. The van der Waals surface area contributed by atoms with Crippen molar-refractivity contribution in [2.24, 2.45) is 5.92 Å². The highest BCUT2D eigenvalue weighted by Gasteiger charge is 2.23. The Morgan fingerprint density at radius 2 is 2.00 bits per heavy atom. The smallest absolute Gasteiger partial charge is 0.118 e. The molecule has 3 rings (SSSR count). The molecule has 1 aliphatic heterocycles. The monoisotopic (exact) mass is 330 g/mol. The molecule has 1 heterocycles. The summed E-state index contributed by atoms with van der Waals surface area (Å²) in [6.07, 6.45) is 8.41. The maximum atomic E-state index is 5.53. The summed E-state index contributed by atoms with van der Waals surface area (Å²) >= 11 is 0. The fraction of sp³-hybridized carbons (Fsp3) is 0.600. The van der Waals surface area contributed by atoms with Gasteiger partial charge in [0.25, 0.3) is 0 Å². The van der Waals surface area contributed by atoms with Crippen LogP contribution in [0.1, 0.15) is 30.9 Å². The molecule has 1 fully saturated rings. The van der Waals surface area contributed by atoms with Gasteiger partial charge in [0.05, 0.1) is 20.3 Å². The van der Waals surface area contributed by atoms with Gasteiger partial charge in [-0.2, -0.15) is 0 Å². The van der Waals surface area contributed by atoms with Crippen molar-refractivity contribution in [2.75, 3.05) is 46.5 Å². The highest BCUT2D eigenvalue weighted by Crippen LogP contribution is 2.24. The minimum Gasteiger partial charge on any atom is -0.497 e. The van der Waals surface area contributed by atoms with Gasteiger partial charge >= 0.3 is 0 Å². The lowest BCUT2D eigenvalue weighted by molar-refractivity contribution is 0.0160. The summed E-state index contributed by atoms with van der Waals surface area (Å²) in [5.41, 5.74) is 1.36. The van der Waals surface area contributed by atoms with Crippen LogP contribution in [0.3, 0.4) is 0 Å². The van der Waals surface area contributed by atoms with E-state index in [1.807, 2.05) is 0 Å². The zero-order chi connectivity index (χ0) is 16.6. The van der Waals surface area contributed by atoms with Crippen LogP contribution in [0.15, 0.2) is 36.4 Å². The maximum absolute atomic E-state index is 5.53. The van der Waals surface area contributed by atoms with Crippen LogP contribution >= 0.6 is 0 Å². The number of rotatable bonds is 7. The molecule has 0 saturated carbocycles. The van der Waals surface area contributed by atoms with Crippen LogP contribution in [0.2, 0.25) is 0 Å². The lowest BCUT2D eigenvalue weighted by atomic mass is 9.94. The second kappa shape index (κ2) is 9.21. The summed E-state index contributed by atoms with van der Waals surface area (Å²) in [5, 5.41) is 3.73. The topological polar surface area (TPSA) is 33.7 Å². The van der Waals surface area contributed by atoms with Crippen molar-refractivity contribution in [1.29, 1.82) is 0 Å². The largest absolute Gasteiger partial charge is 0.497 e. The van der Waals surface area contributed by atoms with Crippen molar-refractivity contribution in [1.82, 2.24) is 10.2 Å². The second-order valence-corrected chi connectivity index (χ2v) is 6.75. The predicted octanol–water partition coefficient (Wildman–Crippen LogP) is 3.01. The Kier molecular flexibility index (Phi) is 6.70. The number of ether oxygens (including phenoxy) is 2. The molecular weight excluding hydrogens is 300 g/mol. The van der Waals surface area contributed by atoms with Crippen LogP contribution in [0, 0.1) is 5.92 Å². The minimum atomic E-state index is 0.402. The number of hydrogen-bond donors (Lipinski definition) is 1. The minimum absolute atomic E-state index is 0.402. The van der Waals surface area contributed by atoms with E-state index in [0.717, 1.165) is 51.1 Å². The zero-order valence-corrected chi connectivity index (χ0v) is 14.7. The standard InChI is InChI=1S/C20H30N2O2/c1-23-19-9-7-18(8-10-19)20(22-11-13-24-14-12-22)16-21-15-17-5-3-2-4-6-17/h2-3,7-10,17,20-21H,4-6,11-16H2,1H3/t17-,20+/m1/s1. The van der Waals surface area contributed by atoms with Crippen molar-refractivity contribution in [2.45, 2.75) is 25.3 Å². The SMILES string of the molecule is COc1ccc([C@H](CNC[C@@H]2CC=CCC2)N2CCOCC2)cc1. The highest BCUT2D eigenvalue weighted by molar-refractivity contribution is 5.29. The molecule has 1 aliphatic carbocycles. The molecule has 1 aromatic carbocycles.